The molecule has 2 aromatic rings. The number of nitrogens with one attached hydrogen (secondary N) is 1. The van der Waals surface area contributed by atoms with E-state index in [0.29, 0.717) is 30.1 Å². The lowest BCUT2D eigenvalue weighted by atomic mass is 10.1. The lowest BCUT2D eigenvalue weighted by molar-refractivity contribution is 0.0724. The van der Waals surface area contributed by atoms with Crippen LogP contribution in [0.3, 0.4) is 0 Å². The maximum absolute atomic E-state index is 12.8. The van der Waals surface area contributed by atoms with E-state index in [0.717, 1.165) is 19.3 Å². The van der Waals surface area contributed by atoms with E-state index < -0.39 is 10.0 Å². The molecule has 1 aliphatic heterocycles. The molecule has 3 rings (SSSR count). The van der Waals surface area contributed by atoms with Crippen molar-refractivity contribution >= 4 is 33.2 Å². The van der Waals surface area contributed by atoms with Gasteiger partial charge >= 0.3 is 0 Å². The molecule has 0 atom stereocenters. The number of likely N-dealkylation sites (tertiary alicyclic amines) is 1. The average Bonchev–Trinajstić information content (AvgIpc) is 2.68. The number of hydrogen-bond acceptors (Lipinski definition) is 4. The van der Waals surface area contributed by atoms with Crippen molar-refractivity contribution in [1.29, 1.82) is 0 Å². The molecule has 1 fully saturated rings. The summed E-state index contributed by atoms with van der Waals surface area (Å²) in [7, 11) is -2.41. The Labute approximate surface area is 164 Å². The van der Waals surface area contributed by atoms with Gasteiger partial charge in [0.05, 0.1) is 12.1 Å². The quantitative estimate of drug-likeness (QED) is 0.816. The third-order valence-corrected chi connectivity index (χ3v) is 6.32. The van der Waals surface area contributed by atoms with Gasteiger partial charge in [-0.2, -0.15) is 0 Å². The molecule has 0 radical (unpaired) electrons. The Kier molecular flexibility index (Phi) is 5.92. The first-order chi connectivity index (χ1) is 12.9. The molecule has 0 bridgehead atoms. The van der Waals surface area contributed by atoms with Crippen LogP contribution in [0.25, 0.3) is 0 Å². The van der Waals surface area contributed by atoms with Gasteiger partial charge in [0.1, 0.15) is 10.6 Å². The highest BCUT2D eigenvalue weighted by Crippen LogP contribution is 2.27. The van der Waals surface area contributed by atoms with Crippen molar-refractivity contribution in [2.75, 3.05) is 24.9 Å². The van der Waals surface area contributed by atoms with Crippen LogP contribution >= 0.6 is 11.6 Å². The number of amides is 1. The fourth-order valence-corrected chi connectivity index (χ4v) is 4.58. The molecular formula is C19H21ClN2O4S. The molecule has 6 nitrogen and oxygen atoms in total. The van der Waals surface area contributed by atoms with Crippen molar-refractivity contribution in [2.45, 2.75) is 24.2 Å². The first-order valence-corrected chi connectivity index (χ1v) is 10.5. The average molecular weight is 409 g/mol. The van der Waals surface area contributed by atoms with Crippen LogP contribution in [0, 0.1) is 0 Å². The molecular weight excluding hydrogens is 388 g/mol. The summed E-state index contributed by atoms with van der Waals surface area (Å²) in [6.45, 7) is 1.38. The summed E-state index contributed by atoms with van der Waals surface area (Å²) in [5, 5.41) is 0.0613. The van der Waals surface area contributed by atoms with Gasteiger partial charge in [-0.3, -0.25) is 9.52 Å². The minimum atomic E-state index is -3.94. The van der Waals surface area contributed by atoms with Crippen LogP contribution in [0.15, 0.2) is 47.4 Å². The van der Waals surface area contributed by atoms with Crippen molar-refractivity contribution in [3.05, 3.63) is 53.1 Å². The van der Waals surface area contributed by atoms with Crippen LogP contribution in [0.1, 0.15) is 29.6 Å². The predicted octanol–water partition coefficient (Wildman–Crippen LogP) is 3.78. The lowest BCUT2D eigenvalue weighted by Crippen LogP contribution is -2.35. The number of carbonyl (C=O) groups is 1. The molecule has 0 spiro atoms. The van der Waals surface area contributed by atoms with Crippen LogP contribution < -0.4 is 9.46 Å². The van der Waals surface area contributed by atoms with E-state index in [2.05, 4.69) is 4.72 Å². The Hall–Kier alpha value is -2.25. The number of benzene rings is 2. The molecule has 0 unspecified atom stereocenters. The number of ether oxygens (including phenoxy) is 1. The second kappa shape index (κ2) is 8.19. The molecule has 1 amide bonds. The molecule has 1 heterocycles. The first kappa shape index (κ1) is 19.5. The summed E-state index contributed by atoms with van der Waals surface area (Å²) < 4.78 is 33.1. The Morgan fingerprint density at radius 1 is 1.07 bits per heavy atom. The maximum atomic E-state index is 12.8. The van der Waals surface area contributed by atoms with Gasteiger partial charge in [-0.15, -0.1) is 0 Å². The molecule has 1 aliphatic rings. The topological polar surface area (TPSA) is 75.7 Å². The third kappa shape index (κ3) is 4.54. The fourth-order valence-electron chi connectivity index (χ4n) is 2.99. The van der Waals surface area contributed by atoms with E-state index in [-0.39, 0.29) is 15.8 Å². The highest BCUT2D eigenvalue weighted by atomic mass is 35.5. The molecule has 0 aromatic heterocycles. The number of anilines is 1. The zero-order valence-electron chi connectivity index (χ0n) is 14.9. The largest absolute Gasteiger partial charge is 0.497 e. The number of nitrogens with zero attached hydrogens (tertiary/aromatic N) is 1. The number of sulfonamides is 1. The second-order valence-corrected chi connectivity index (χ2v) is 8.39. The summed E-state index contributed by atoms with van der Waals surface area (Å²) in [4.78, 5) is 14.3. The van der Waals surface area contributed by atoms with E-state index in [9.17, 15) is 13.2 Å². The third-order valence-electron chi connectivity index (χ3n) is 4.45. The van der Waals surface area contributed by atoms with Gasteiger partial charge in [0.15, 0.2) is 0 Å². The van der Waals surface area contributed by atoms with Crippen LogP contribution in [-0.2, 0) is 10.0 Å². The molecule has 144 valence electrons. The van der Waals surface area contributed by atoms with Crippen molar-refractivity contribution in [1.82, 2.24) is 4.90 Å². The molecule has 1 N–H and O–H groups in total. The van der Waals surface area contributed by atoms with E-state index in [1.54, 1.807) is 35.2 Å². The van der Waals surface area contributed by atoms with Gasteiger partial charge < -0.3 is 9.64 Å². The summed E-state index contributed by atoms with van der Waals surface area (Å²) >= 11 is 6.12. The second-order valence-electron chi connectivity index (χ2n) is 6.33. The number of methoxy groups -OCH3 is 1. The van der Waals surface area contributed by atoms with E-state index in [4.69, 9.17) is 16.3 Å². The van der Waals surface area contributed by atoms with Crippen molar-refractivity contribution in [3.63, 3.8) is 0 Å². The van der Waals surface area contributed by atoms with Gasteiger partial charge in [0.25, 0.3) is 15.9 Å². The summed E-state index contributed by atoms with van der Waals surface area (Å²) in [6.07, 6.45) is 3.03. The van der Waals surface area contributed by atoms with E-state index in [1.807, 2.05) is 0 Å². The van der Waals surface area contributed by atoms with Gasteiger partial charge in [0, 0.05) is 24.3 Å². The van der Waals surface area contributed by atoms with Crippen molar-refractivity contribution in [3.8, 4) is 5.75 Å². The molecule has 0 aliphatic carbocycles. The van der Waals surface area contributed by atoms with Gasteiger partial charge in [0.2, 0.25) is 0 Å². The first-order valence-electron chi connectivity index (χ1n) is 8.66. The summed E-state index contributed by atoms with van der Waals surface area (Å²) in [5.74, 6) is 0.442. The SMILES string of the molecule is COc1ccc(NS(=O)(=O)c2cc(C(=O)N3CCCCC3)ccc2Cl)cc1. The number of rotatable bonds is 5. The standard InChI is InChI=1S/C19H21ClN2O4S/c1-26-16-8-6-15(7-9-16)21-27(24,25)18-13-14(5-10-17(18)20)19(23)22-11-3-2-4-12-22/h5-10,13,21H,2-4,11-12H2,1H3. The Morgan fingerprint density at radius 3 is 2.37 bits per heavy atom. The van der Waals surface area contributed by atoms with Gasteiger partial charge in [-0.1, -0.05) is 11.6 Å². The number of hydrogen-bond donors (Lipinski definition) is 1. The number of piperidine rings is 1. The van der Waals surface area contributed by atoms with Gasteiger partial charge in [-0.05, 0) is 61.7 Å². The molecule has 1 saturated heterocycles. The van der Waals surface area contributed by atoms with Crippen LogP contribution in [0.2, 0.25) is 5.02 Å². The zero-order valence-corrected chi connectivity index (χ0v) is 16.5. The number of carbonyl (C=O) groups excluding carboxylic acids is 1. The Bertz CT molecular complexity index is 923. The highest BCUT2D eigenvalue weighted by Gasteiger charge is 2.23. The normalized spacial score (nSPS) is 14.7. The van der Waals surface area contributed by atoms with Crippen LogP contribution in [0.5, 0.6) is 5.75 Å². The molecule has 27 heavy (non-hydrogen) atoms. The molecule has 2 aromatic carbocycles. The fraction of sp³-hybridized carbons (Fsp3) is 0.316. The summed E-state index contributed by atoms with van der Waals surface area (Å²) in [6, 6.07) is 10.8. The lowest BCUT2D eigenvalue weighted by Gasteiger charge is -2.27. The molecule has 0 saturated carbocycles. The highest BCUT2D eigenvalue weighted by molar-refractivity contribution is 7.92. The van der Waals surface area contributed by atoms with E-state index in [1.165, 1.54) is 19.2 Å². The predicted molar refractivity (Wildman–Crippen MR) is 105 cm³/mol. The minimum absolute atomic E-state index is 0.0613. The zero-order chi connectivity index (χ0) is 19.4. The van der Waals surface area contributed by atoms with Crippen LogP contribution in [0.4, 0.5) is 5.69 Å². The van der Waals surface area contributed by atoms with Crippen molar-refractivity contribution in [2.24, 2.45) is 0 Å². The van der Waals surface area contributed by atoms with E-state index >= 15 is 0 Å². The Morgan fingerprint density at radius 2 is 1.74 bits per heavy atom. The molecule has 8 heteroatoms. The van der Waals surface area contributed by atoms with Crippen molar-refractivity contribution < 1.29 is 17.9 Å². The Balaban J connectivity index is 1.86. The van der Waals surface area contributed by atoms with Crippen LogP contribution in [-0.4, -0.2) is 39.4 Å². The van der Waals surface area contributed by atoms with Gasteiger partial charge in [-0.25, -0.2) is 8.42 Å². The minimum Gasteiger partial charge on any atom is -0.497 e. The monoisotopic (exact) mass is 408 g/mol. The smallest absolute Gasteiger partial charge is 0.263 e. The number of halogens is 1. The maximum Gasteiger partial charge on any atom is 0.263 e. The summed E-state index contributed by atoms with van der Waals surface area (Å²) in [5.41, 5.74) is 0.691.